The molecule has 2 aromatic rings. The lowest BCUT2D eigenvalue weighted by Crippen LogP contribution is -2.42. The van der Waals surface area contributed by atoms with Gasteiger partial charge in [0, 0.05) is 24.8 Å². The Hall–Kier alpha value is -2.90. The van der Waals surface area contributed by atoms with E-state index in [0.717, 1.165) is 24.9 Å². The zero-order valence-electron chi connectivity index (χ0n) is 15.8. The number of ether oxygens (including phenoxy) is 1. The Bertz CT molecular complexity index is 744. The van der Waals surface area contributed by atoms with E-state index >= 15 is 0 Å². The predicted molar refractivity (Wildman–Crippen MR) is 104 cm³/mol. The van der Waals surface area contributed by atoms with Gasteiger partial charge in [-0.3, -0.25) is 0 Å². The van der Waals surface area contributed by atoms with Crippen LogP contribution in [0.1, 0.15) is 32.3 Å². The Morgan fingerprint density at radius 2 is 1.96 bits per heavy atom. The fraction of sp³-hybridized carbons (Fsp3) is 0.474. The Morgan fingerprint density at radius 3 is 2.63 bits per heavy atom. The van der Waals surface area contributed by atoms with Gasteiger partial charge < -0.3 is 20.3 Å². The molecule has 8 nitrogen and oxygen atoms in total. The molecular formula is C19H26N6O2. The Morgan fingerprint density at radius 1 is 1.22 bits per heavy atom. The molecule has 1 saturated heterocycles. The monoisotopic (exact) mass is 370 g/mol. The average Bonchev–Trinajstić information content (AvgIpc) is 2.70. The molecule has 27 heavy (non-hydrogen) atoms. The van der Waals surface area contributed by atoms with Crippen LogP contribution in [0.5, 0.6) is 0 Å². The highest BCUT2D eigenvalue weighted by atomic mass is 16.6. The van der Waals surface area contributed by atoms with E-state index in [-0.39, 0.29) is 12.1 Å². The number of rotatable bonds is 6. The number of amides is 1. The molecule has 2 heterocycles. The maximum Gasteiger partial charge on any atom is 0.409 e. The summed E-state index contributed by atoms with van der Waals surface area (Å²) in [7, 11) is 0. The molecule has 0 saturated carbocycles. The van der Waals surface area contributed by atoms with Crippen molar-refractivity contribution in [3.63, 3.8) is 0 Å². The highest BCUT2D eigenvalue weighted by molar-refractivity contribution is 5.67. The van der Waals surface area contributed by atoms with Gasteiger partial charge in [0.15, 0.2) is 5.82 Å². The van der Waals surface area contributed by atoms with Crippen LogP contribution in [0.4, 0.5) is 22.2 Å². The Kier molecular flexibility index (Phi) is 6.40. The van der Waals surface area contributed by atoms with Gasteiger partial charge in [0.25, 0.3) is 0 Å². The van der Waals surface area contributed by atoms with Gasteiger partial charge in [-0.2, -0.15) is 10.1 Å². The number of anilines is 3. The largest absolute Gasteiger partial charge is 0.450 e. The number of likely N-dealkylation sites (tertiary alicyclic amines) is 1. The summed E-state index contributed by atoms with van der Waals surface area (Å²) in [4.78, 5) is 18.0. The lowest BCUT2D eigenvalue weighted by Gasteiger charge is -2.31. The molecule has 1 aromatic carbocycles. The third kappa shape index (κ3) is 5.29. The summed E-state index contributed by atoms with van der Waals surface area (Å²) >= 11 is 0. The van der Waals surface area contributed by atoms with Crippen molar-refractivity contribution in [1.29, 1.82) is 0 Å². The lowest BCUT2D eigenvalue weighted by atomic mass is 10.1. The third-order valence-electron chi connectivity index (χ3n) is 4.55. The van der Waals surface area contributed by atoms with Gasteiger partial charge in [-0.05, 0) is 43.9 Å². The minimum Gasteiger partial charge on any atom is -0.450 e. The quantitative estimate of drug-likeness (QED) is 0.806. The van der Waals surface area contributed by atoms with E-state index in [1.54, 1.807) is 11.1 Å². The molecule has 0 spiro atoms. The van der Waals surface area contributed by atoms with E-state index in [1.165, 1.54) is 5.56 Å². The van der Waals surface area contributed by atoms with E-state index in [9.17, 15) is 4.79 Å². The summed E-state index contributed by atoms with van der Waals surface area (Å²) in [6, 6.07) is 8.41. The molecule has 0 aliphatic carbocycles. The molecule has 2 N–H and O–H groups in total. The van der Waals surface area contributed by atoms with E-state index < -0.39 is 0 Å². The van der Waals surface area contributed by atoms with Crippen molar-refractivity contribution in [3.8, 4) is 0 Å². The molecular weight excluding hydrogens is 344 g/mol. The predicted octanol–water partition coefficient (Wildman–Crippen LogP) is 3.21. The fourth-order valence-corrected chi connectivity index (χ4v) is 3.01. The smallest absolute Gasteiger partial charge is 0.409 e. The van der Waals surface area contributed by atoms with Crippen LogP contribution < -0.4 is 10.6 Å². The van der Waals surface area contributed by atoms with Crippen LogP contribution in [-0.4, -0.2) is 51.9 Å². The van der Waals surface area contributed by atoms with Crippen LogP contribution in [0.2, 0.25) is 0 Å². The number of aromatic nitrogens is 3. The molecule has 3 rings (SSSR count). The minimum absolute atomic E-state index is 0.236. The molecule has 1 amide bonds. The number of aryl methyl sites for hydroxylation is 1. The second kappa shape index (κ2) is 9.16. The van der Waals surface area contributed by atoms with Gasteiger partial charge in [0.2, 0.25) is 5.95 Å². The molecule has 144 valence electrons. The molecule has 1 aromatic heterocycles. The van der Waals surface area contributed by atoms with Gasteiger partial charge in [0.05, 0.1) is 12.8 Å². The molecule has 1 aliphatic heterocycles. The minimum atomic E-state index is -0.236. The molecule has 0 bridgehead atoms. The van der Waals surface area contributed by atoms with Crippen molar-refractivity contribution in [2.24, 2.45) is 0 Å². The van der Waals surface area contributed by atoms with Crippen LogP contribution >= 0.6 is 0 Å². The van der Waals surface area contributed by atoms with Crippen LogP contribution in [0.15, 0.2) is 30.5 Å². The first kappa shape index (κ1) is 18.9. The van der Waals surface area contributed by atoms with Gasteiger partial charge >= 0.3 is 6.09 Å². The maximum atomic E-state index is 11.8. The Labute approximate surface area is 159 Å². The average molecular weight is 370 g/mol. The van der Waals surface area contributed by atoms with Crippen LogP contribution in [0, 0.1) is 0 Å². The summed E-state index contributed by atoms with van der Waals surface area (Å²) in [5, 5.41) is 14.6. The number of nitrogens with one attached hydrogen (secondary N) is 2. The van der Waals surface area contributed by atoms with Gasteiger partial charge in [-0.1, -0.05) is 19.1 Å². The first-order valence-electron chi connectivity index (χ1n) is 9.41. The third-order valence-corrected chi connectivity index (χ3v) is 4.55. The van der Waals surface area contributed by atoms with Crippen LogP contribution in [-0.2, 0) is 11.2 Å². The lowest BCUT2D eigenvalue weighted by molar-refractivity contribution is 0.0983. The highest BCUT2D eigenvalue weighted by Gasteiger charge is 2.23. The molecule has 8 heteroatoms. The number of carbonyl (C=O) groups is 1. The number of benzene rings is 1. The number of hydrogen-bond donors (Lipinski definition) is 2. The summed E-state index contributed by atoms with van der Waals surface area (Å²) in [5.74, 6) is 1.13. The van der Waals surface area contributed by atoms with E-state index in [4.69, 9.17) is 4.74 Å². The van der Waals surface area contributed by atoms with Crippen molar-refractivity contribution >= 4 is 23.5 Å². The summed E-state index contributed by atoms with van der Waals surface area (Å²) in [6.45, 7) is 5.69. The highest BCUT2D eigenvalue weighted by Crippen LogP contribution is 2.18. The van der Waals surface area contributed by atoms with Crippen molar-refractivity contribution in [2.75, 3.05) is 30.3 Å². The second-order valence-electron chi connectivity index (χ2n) is 6.45. The zero-order chi connectivity index (χ0) is 19.1. The molecule has 1 aliphatic rings. The molecule has 0 unspecified atom stereocenters. The zero-order valence-corrected chi connectivity index (χ0v) is 15.8. The summed E-state index contributed by atoms with van der Waals surface area (Å²) < 4.78 is 5.05. The normalized spacial score (nSPS) is 14.7. The van der Waals surface area contributed by atoms with E-state index in [1.807, 2.05) is 19.1 Å². The summed E-state index contributed by atoms with van der Waals surface area (Å²) in [5.41, 5.74) is 2.21. The van der Waals surface area contributed by atoms with Gasteiger partial charge in [0.1, 0.15) is 0 Å². The number of piperidine rings is 1. The van der Waals surface area contributed by atoms with Gasteiger partial charge in [-0.15, -0.1) is 5.10 Å². The van der Waals surface area contributed by atoms with Crippen molar-refractivity contribution in [1.82, 2.24) is 20.1 Å². The second-order valence-corrected chi connectivity index (χ2v) is 6.45. The van der Waals surface area contributed by atoms with Gasteiger partial charge in [-0.25, -0.2) is 4.79 Å². The SMILES string of the molecule is CCOC(=O)N1CCC(Nc2cnnc(Nc3ccc(CC)cc3)n2)CC1. The molecule has 0 radical (unpaired) electrons. The van der Waals surface area contributed by atoms with Crippen molar-refractivity contribution < 1.29 is 9.53 Å². The van der Waals surface area contributed by atoms with Crippen molar-refractivity contribution in [2.45, 2.75) is 39.2 Å². The van der Waals surface area contributed by atoms with Crippen LogP contribution in [0.25, 0.3) is 0 Å². The Balaban J connectivity index is 1.54. The van der Waals surface area contributed by atoms with E-state index in [2.05, 4.69) is 44.9 Å². The standard InChI is InChI=1S/C19H26N6O2/c1-3-14-5-7-15(8-6-14)22-18-23-17(13-20-24-18)21-16-9-11-25(12-10-16)19(26)27-4-2/h5-8,13,16H,3-4,9-12H2,1-2H3,(H2,21,22,23,24). The number of hydrogen-bond acceptors (Lipinski definition) is 7. The van der Waals surface area contributed by atoms with Crippen LogP contribution in [0.3, 0.4) is 0 Å². The molecule has 0 atom stereocenters. The topological polar surface area (TPSA) is 92.3 Å². The maximum absolute atomic E-state index is 11.8. The first-order chi connectivity index (χ1) is 13.2. The summed E-state index contributed by atoms with van der Waals surface area (Å²) in [6.07, 6.45) is 4.06. The van der Waals surface area contributed by atoms with Crippen molar-refractivity contribution in [3.05, 3.63) is 36.0 Å². The first-order valence-corrected chi connectivity index (χ1v) is 9.41. The fourth-order valence-electron chi connectivity index (χ4n) is 3.01. The molecule has 1 fully saturated rings. The number of nitrogens with zero attached hydrogens (tertiary/aromatic N) is 4. The number of carbonyl (C=O) groups excluding carboxylic acids is 1. The van der Waals surface area contributed by atoms with E-state index in [0.29, 0.717) is 31.5 Å².